The monoisotopic (exact) mass is 340 g/mol. The summed E-state index contributed by atoms with van der Waals surface area (Å²) in [4.78, 5) is 24.7. The third kappa shape index (κ3) is 5.35. The van der Waals surface area contributed by atoms with Crippen molar-refractivity contribution in [2.75, 3.05) is 19.0 Å². The van der Waals surface area contributed by atoms with Crippen LogP contribution in [0.3, 0.4) is 0 Å². The van der Waals surface area contributed by atoms with Gasteiger partial charge in [-0.15, -0.1) is 0 Å². The first-order valence-corrected chi connectivity index (χ1v) is 8.44. The van der Waals surface area contributed by atoms with Crippen molar-refractivity contribution in [1.29, 1.82) is 0 Å². The van der Waals surface area contributed by atoms with Crippen LogP contribution in [0.4, 0.5) is 5.69 Å². The summed E-state index contributed by atoms with van der Waals surface area (Å²) in [5.74, 6) is 0.295. The van der Waals surface area contributed by atoms with Gasteiger partial charge < -0.3 is 15.4 Å². The lowest BCUT2D eigenvalue weighted by Crippen LogP contribution is -2.26. The molecule has 25 heavy (non-hydrogen) atoms. The van der Waals surface area contributed by atoms with E-state index in [0.717, 1.165) is 18.4 Å². The lowest BCUT2D eigenvalue weighted by atomic mass is 10.1. The fraction of sp³-hybridized carbons (Fsp3) is 0.300. The van der Waals surface area contributed by atoms with Crippen molar-refractivity contribution in [3.63, 3.8) is 0 Å². The minimum absolute atomic E-state index is 0.176. The Balaban J connectivity index is 2.07. The average Bonchev–Trinajstić information content (AvgIpc) is 2.62. The predicted octanol–water partition coefficient (Wildman–Crippen LogP) is 3.41. The minimum Gasteiger partial charge on any atom is -0.496 e. The summed E-state index contributed by atoms with van der Waals surface area (Å²) < 4.78 is 5.27. The van der Waals surface area contributed by atoms with Gasteiger partial charge in [0.25, 0.3) is 5.91 Å². The zero-order valence-electron chi connectivity index (χ0n) is 14.7. The van der Waals surface area contributed by atoms with E-state index in [1.165, 1.54) is 0 Å². The minimum atomic E-state index is -0.196. The van der Waals surface area contributed by atoms with Crippen molar-refractivity contribution in [2.45, 2.75) is 26.2 Å². The van der Waals surface area contributed by atoms with Gasteiger partial charge in [-0.2, -0.15) is 0 Å². The number of hydrogen-bond donors (Lipinski definition) is 2. The number of carbonyl (C=O) groups is 2. The normalized spacial score (nSPS) is 10.2. The molecule has 2 aromatic rings. The van der Waals surface area contributed by atoms with E-state index in [9.17, 15) is 9.59 Å². The molecule has 2 aromatic carbocycles. The number of para-hydroxylation sites is 2. The zero-order valence-corrected chi connectivity index (χ0v) is 14.7. The van der Waals surface area contributed by atoms with Gasteiger partial charge in [0.05, 0.1) is 24.8 Å². The van der Waals surface area contributed by atoms with E-state index >= 15 is 0 Å². The molecule has 0 heterocycles. The van der Waals surface area contributed by atoms with Crippen LogP contribution in [0, 0.1) is 0 Å². The Kier molecular flexibility index (Phi) is 7.01. The van der Waals surface area contributed by atoms with Gasteiger partial charge in [0.1, 0.15) is 5.75 Å². The number of amides is 2. The number of nitrogens with one attached hydrogen (secondary N) is 2. The summed E-state index contributed by atoms with van der Waals surface area (Å²) in [6.07, 6.45) is 2.11. The Morgan fingerprint density at radius 2 is 1.76 bits per heavy atom. The van der Waals surface area contributed by atoms with Gasteiger partial charge in [-0.1, -0.05) is 43.7 Å². The molecule has 5 heteroatoms. The Labute approximate surface area is 148 Å². The molecule has 0 bridgehead atoms. The van der Waals surface area contributed by atoms with Gasteiger partial charge in [0.2, 0.25) is 5.91 Å². The molecule has 0 aliphatic rings. The molecule has 2 N–H and O–H groups in total. The molecule has 0 spiro atoms. The lowest BCUT2D eigenvalue weighted by molar-refractivity contribution is -0.115. The molecule has 0 radical (unpaired) electrons. The maximum Gasteiger partial charge on any atom is 0.253 e. The number of anilines is 1. The van der Waals surface area contributed by atoms with E-state index in [-0.39, 0.29) is 18.2 Å². The maximum absolute atomic E-state index is 12.4. The van der Waals surface area contributed by atoms with Crippen LogP contribution in [-0.2, 0) is 11.2 Å². The fourth-order valence-electron chi connectivity index (χ4n) is 2.48. The van der Waals surface area contributed by atoms with Crippen LogP contribution in [0.5, 0.6) is 5.75 Å². The van der Waals surface area contributed by atoms with Crippen LogP contribution in [-0.4, -0.2) is 25.5 Å². The van der Waals surface area contributed by atoms with E-state index in [1.807, 2.05) is 24.3 Å². The number of methoxy groups -OCH3 is 1. The van der Waals surface area contributed by atoms with Crippen LogP contribution in [0.1, 0.15) is 35.7 Å². The van der Waals surface area contributed by atoms with E-state index < -0.39 is 0 Å². The third-order valence-corrected chi connectivity index (χ3v) is 3.81. The summed E-state index contributed by atoms with van der Waals surface area (Å²) in [7, 11) is 1.58. The van der Waals surface area contributed by atoms with E-state index in [0.29, 0.717) is 23.5 Å². The highest BCUT2D eigenvalue weighted by atomic mass is 16.5. The zero-order chi connectivity index (χ0) is 18.1. The maximum atomic E-state index is 12.4. The van der Waals surface area contributed by atoms with Crippen LogP contribution in [0.2, 0.25) is 0 Å². The fourth-order valence-corrected chi connectivity index (χ4v) is 2.48. The van der Waals surface area contributed by atoms with Gasteiger partial charge in [-0.05, 0) is 24.6 Å². The van der Waals surface area contributed by atoms with Gasteiger partial charge >= 0.3 is 0 Å². The average molecular weight is 340 g/mol. The Bertz CT molecular complexity index is 728. The topological polar surface area (TPSA) is 67.4 Å². The van der Waals surface area contributed by atoms with Crippen LogP contribution >= 0.6 is 0 Å². The molecular weight excluding hydrogens is 316 g/mol. The molecule has 2 rings (SSSR count). The quantitative estimate of drug-likeness (QED) is 0.724. The van der Waals surface area contributed by atoms with Crippen molar-refractivity contribution in [3.05, 3.63) is 59.7 Å². The van der Waals surface area contributed by atoms with Crippen molar-refractivity contribution in [1.82, 2.24) is 5.32 Å². The molecule has 0 aliphatic carbocycles. The molecule has 0 fully saturated rings. The van der Waals surface area contributed by atoms with E-state index in [4.69, 9.17) is 4.74 Å². The smallest absolute Gasteiger partial charge is 0.253 e. The number of ether oxygens (including phenoxy) is 1. The molecule has 0 aromatic heterocycles. The number of rotatable bonds is 8. The number of carbonyl (C=O) groups excluding carboxylic acids is 2. The molecule has 0 unspecified atom stereocenters. The molecule has 0 saturated heterocycles. The predicted molar refractivity (Wildman–Crippen MR) is 99.0 cm³/mol. The van der Waals surface area contributed by atoms with Gasteiger partial charge in [-0.25, -0.2) is 0 Å². The van der Waals surface area contributed by atoms with Crippen LogP contribution < -0.4 is 15.4 Å². The summed E-state index contributed by atoms with van der Waals surface area (Å²) in [6.45, 7) is 2.69. The Morgan fingerprint density at radius 3 is 2.52 bits per heavy atom. The third-order valence-electron chi connectivity index (χ3n) is 3.81. The van der Waals surface area contributed by atoms with Crippen molar-refractivity contribution >= 4 is 17.5 Å². The first-order chi connectivity index (χ1) is 12.2. The molecule has 0 atom stereocenters. The first kappa shape index (κ1) is 18.5. The molecule has 2 amide bonds. The van der Waals surface area contributed by atoms with Gasteiger partial charge in [0, 0.05) is 12.1 Å². The molecule has 0 saturated carbocycles. The van der Waals surface area contributed by atoms with E-state index in [2.05, 4.69) is 17.6 Å². The highest BCUT2D eigenvalue weighted by molar-refractivity contribution is 6.04. The molecule has 0 aliphatic heterocycles. The highest BCUT2D eigenvalue weighted by Crippen LogP contribution is 2.20. The summed E-state index contributed by atoms with van der Waals surface area (Å²) in [5, 5.41) is 5.70. The summed E-state index contributed by atoms with van der Waals surface area (Å²) in [6, 6.07) is 14.4. The molecule has 5 nitrogen and oxygen atoms in total. The van der Waals surface area contributed by atoms with Gasteiger partial charge in [0.15, 0.2) is 0 Å². The summed E-state index contributed by atoms with van der Waals surface area (Å²) >= 11 is 0. The lowest BCUT2D eigenvalue weighted by Gasteiger charge is -2.12. The SMILES string of the molecule is CCCCNC(=O)c1ccccc1NC(=O)Cc1ccccc1OC. The highest BCUT2D eigenvalue weighted by Gasteiger charge is 2.14. The second-order valence-electron chi connectivity index (χ2n) is 5.69. The first-order valence-electron chi connectivity index (χ1n) is 8.44. The van der Waals surface area contributed by atoms with Crippen molar-refractivity contribution < 1.29 is 14.3 Å². The number of benzene rings is 2. The molecular formula is C20H24N2O3. The Morgan fingerprint density at radius 1 is 1.04 bits per heavy atom. The standard InChI is InChI=1S/C20H24N2O3/c1-3-4-13-21-20(24)16-10-6-7-11-17(16)22-19(23)14-15-9-5-8-12-18(15)25-2/h5-12H,3-4,13-14H2,1-2H3,(H,21,24)(H,22,23). The van der Waals surface area contributed by atoms with Crippen molar-refractivity contribution in [2.24, 2.45) is 0 Å². The van der Waals surface area contributed by atoms with Crippen LogP contribution in [0.15, 0.2) is 48.5 Å². The largest absolute Gasteiger partial charge is 0.496 e. The second kappa shape index (κ2) is 9.47. The van der Waals surface area contributed by atoms with Crippen LogP contribution in [0.25, 0.3) is 0 Å². The molecule has 132 valence electrons. The Hall–Kier alpha value is -2.82. The number of hydrogen-bond acceptors (Lipinski definition) is 3. The van der Waals surface area contributed by atoms with Gasteiger partial charge in [-0.3, -0.25) is 9.59 Å². The van der Waals surface area contributed by atoms with Crippen molar-refractivity contribution in [3.8, 4) is 5.75 Å². The summed E-state index contributed by atoms with van der Waals surface area (Å²) in [5.41, 5.74) is 1.77. The number of unbranched alkanes of at least 4 members (excludes halogenated alkanes) is 1. The second-order valence-corrected chi connectivity index (χ2v) is 5.69. The van der Waals surface area contributed by atoms with E-state index in [1.54, 1.807) is 31.4 Å².